The molecule has 3 rings (SSSR count). The summed E-state index contributed by atoms with van der Waals surface area (Å²) in [5, 5.41) is 10.0. The SMILES string of the molecule is Cn1cc(CCNC(=O)N[C@H]2CCOc3ccccc32)cn1. The van der Waals surface area contributed by atoms with Gasteiger partial charge in [0.1, 0.15) is 5.75 Å². The first-order chi connectivity index (χ1) is 10.7. The predicted molar refractivity (Wildman–Crippen MR) is 82.7 cm³/mol. The number of ether oxygens (including phenoxy) is 1. The molecule has 2 amide bonds. The maximum Gasteiger partial charge on any atom is 0.315 e. The number of hydrogen-bond donors (Lipinski definition) is 2. The molecule has 0 bridgehead atoms. The van der Waals surface area contributed by atoms with Gasteiger partial charge in [-0.25, -0.2) is 4.79 Å². The summed E-state index contributed by atoms with van der Waals surface area (Å²) in [4.78, 5) is 12.0. The number of fused-ring (bicyclic) bond motifs is 1. The number of carbonyl (C=O) groups excluding carboxylic acids is 1. The molecule has 6 nitrogen and oxygen atoms in total. The molecule has 0 saturated heterocycles. The number of nitrogens with zero attached hydrogens (tertiary/aromatic N) is 2. The van der Waals surface area contributed by atoms with Crippen LogP contribution < -0.4 is 15.4 Å². The first-order valence-electron chi connectivity index (χ1n) is 7.46. The fourth-order valence-corrected chi connectivity index (χ4v) is 2.62. The average Bonchev–Trinajstić information content (AvgIpc) is 2.93. The minimum atomic E-state index is -0.148. The van der Waals surface area contributed by atoms with Crippen LogP contribution in [0.1, 0.15) is 23.6 Å². The molecule has 2 N–H and O–H groups in total. The standard InChI is InChI=1S/C16H20N4O2/c1-20-11-12(10-18-20)6-8-17-16(21)19-14-7-9-22-15-5-3-2-4-13(14)15/h2-5,10-11,14H,6-9H2,1H3,(H2,17,19,21)/t14-/m0/s1. The van der Waals surface area contributed by atoms with Crippen LogP contribution in [0.5, 0.6) is 5.75 Å². The van der Waals surface area contributed by atoms with Crippen LogP contribution in [0.2, 0.25) is 0 Å². The fraction of sp³-hybridized carbons (Fsp3) is 0.375. The van der Waals surface area contributed by atoms with Crippen molar-refractivity contribution in [2.75, 3.05) is 13.2 Å². The summed E-state index contributed by atoms with van der Waals surface area (Å²) in [7, 11) is 1.88. The lowest BCUT2D eigenvalue weighted by Gasteiger charge is -2.26. The fourth-order valence-electron chi connectivity index (χ4n) is 2.62. The monoisotopic (exact) mass is 300 g/mol. The number of carbonyl (C=O) groups is 1. The molecular formula is C16H20N4O2. The lowest BCUT2D eigenvalue weighted by atomic mass is 10.0. The molecular weight excluding hydrogens is 280 g/mol. The second-order valence-electron chi connectivity index (χ2n) is 5.40. The van der Waals surface area contributed by atoms with E-state index in [1.807, 2.05) is 43.7 Å². The Balaban J connectivity index is 1.50. The van der Waals surface area contributed by atoms with E-state index in [4.69, 9.17) is 4.74 Å². The summed E-state index contributed by atoms with van der Waals surface area (Å²) >= 11 is 0. The highest BCUT2D eigenvalue weighted by atomic mass is 16.5. The first kappa shape index (κ1) is 14.4. The van der Waals surface area contributed by atoms with Crippen LogP contribution in [-0.4, -0.2) is 29.0 Å². The lowest BCUT2D eigenvalue weighted by molar-refractivity contribution is 0.223. The molecule has 0 spiro atoms. The zero-order valence-electron chi connectivity index (χ0n) is 12.6. The van der Waals surface area contributed by atoms with Gasteiger partial charge in [-0.05, 0) is 18.1 Å². The van der Waals surface area contributed by atoms with Crippen molar-refractivity contribution in [3.05, 3.63) is 47.8 Å². The van der Waals surface area contributed by atoms with Crippen LogP contribution in [0, 0.1) is 0 Å². The topological polar surface area (TPSA) is 68.2 Å². The van der Waals surface area contributed by atoms with E-state index in [1.165, 1.54) is 0 Å². The summed E-state index contributed by atoms with van der Waals surface area (Å²) in [6.07, 6.45) is 5.32. The number of aryl methyl sites for hydroxylation is 1. The number of para-hydroxylation sites is 1. The molecule has 2 aromatic rings. The Kier molecular flexibility index (Phi) is 4.27. The van der Waals surface area contributed by atoms with Gasteiger partial charge in [-0.3, -0.25) is 4.68 Å². The van der Waals surface area contributed by atoms with Crippen molar-refractivity contribution < 1.29 is 9.53 Å². The normalized spacial score (nSPS) is 16.5. The molecule has 1 aromatic heterocycles. The van der Waals surface area contributed by atoms with Crippen molar-refractivity contribution in [2.24, 2.45) is 7.05 Å². The van der Waals surface area contributed by atoms with Gasteiger partial charge in [-0.2, -0.15) is 5.10 Å². The molecule has 1 atom stereocenters. The number of amides is 2. The third-order valence-electron chi connectivity index (χ3n) is 3.72. The maximum atomic E-state index is 12.0. The van der Waals surface area contributed by atoms with Crippen LogP contribution >= 0.6 is 0 Å². The van der Waals surface area contributed by atoms with E-state index in [2.05, 4.69) is 15.7 Å². The van der Waals surface area contributed by atoms with E-state index < -0.39 is 0 Å². The summed E-state index contributed by atoms with van der Waals surface area (Å²) in [6, 6.07) is 7.69. The molecule has 1 aliphatic heterocycles. The quantitative estimate of drug-likeness (QED) is 0.904. The first-order valence-corrected chi connectivity index (χ1v) is 7.46. The van der Waals surface area contributed by atoms with Gasteiger partial charge in [0.15, 0.2) is 0 Å². The van der Waals surface area contributed by atoms with E-state index in [-0.39, 0.29) is 12.1 Å². The van der Waals surface area contributed by atoms with Gasteiger partial charge in [0.25, 0.3) is 0 Å². The van der Waals surface area contributed by atoms with E-state index in [0.717, 1.165) is 29.7 Å². The highest BCUT2D eigenvalue weighted by Gasteiger charge is 2.22. The van der Waals surface area contributed by atoms with Crippen molar-refractivity contribution in [3.8, 4) is 5.75 Å². The minimum absolute atomic E-state index is 0.00309. The molecule has 1 aromatic carbocycles. The summed E-state index contributed by atoms with van der Waals surface area (Å²) in [5.41, 5.74) is 2.15. The van der Waals surface area contributed by atoms with E-state index in [0.29, 0.717) is 13.2 Å². The lowest BCUT2D eigenvalue weighted by Crippen LogP contribution is -2.40. The Morgan fingerprint density at radius 3 is 3.14 bits per heavy atom. The highest BCUT2D eigenvalue weighted by Crippen LogP contribution is 2.31. The van der Waals surface area contributed by atoms with Crippen LogP contribution in [0.3, 0.4) is 0 Å². The molecule has 6 heteroatoms. The molecule has 2 heterocycles. The van der Waals surface area contributed by atoms with E-state index in [9.17, 15) is 4.79 Å². The van der Waals surface area contributed by atoms with E-state index in [1.54, 1.807) is 4.68 Å². The molecule has 0 saturated carbocycles. The summed E-state index contributed by atoms with van der Waals surface area (Å²) in [5.74, 6) is 0.856. The number of urea groups is 1. The van der Waals surface area contributed by atoms with Gasteiger partial charge in [0, 0.05) is 31.8 Å². The molecule has 22 heavy (non-hydrogen) atoms. The second-order valence-corrected chi connectivity index (χ2v) is 5.40. The Morgan fingerprint density at radius 1 is 1.45 bits per heavy atom. The Bertz CT molecular complexity index is 653. The molecule has 0 fully saturated rings. The van der Waals surface area contributed by atoms with Gasteiger partial charge >= 0.3 is 6.03 Å². The number of aromatic nitrogens is 2. The summed E-state index contributed by atoms with van der Waals surface area (Å²) < 4.78 is 7.35. The van der Waals surface area contributed by atoms with Gasteiger partial charge < -0.3 is 15.4 Å². The number of benzene rings is 1. The van der Waals surface area contributed by atoms with E-state index >= 15 is 0 Å². The van der Waals surface area contributed by atoms with Crippen LogP contribution in [-0.2, 0) is 13.5 Å². The van der Waals surface area contributed by atoms with Crippen LogP contribution in [0.15, 0.2) is 36.7 Å². The van der Waals surface area contributed by atoms with Crippen molar-refractivity contribution in [2.45, 2.75) is 18.9 Å². The van der Waals surface area contributed by atoms with Crippen molar-refractivity contribution in [1.82, 2.24) is 20.4 Å². The largest absolute Gasteiger partial charge is 0.493 e. The highest BCUT2D eigenvalue weighted by molar-refractivity contribution is 5.74. The molecule has 0 unspecified atom stereocenters. The van der Waals surface area contributed by atoms with Crippen molar-refractivity contribution in [1.29, 1.82) is 0 Å². The molecule has 0 radical (unpaired) electrons. The zero-order valence-corrected chi connectivity index (χ0v) is 12.6. The number of nitrogens with one attached hydrogen (secondary N) is 2. The third kappa shape index (κ3) is 3.39. The third-order valence-corrected chi connectivity index (χ3v) is 3.72. The van der Waals surface area contributed by atoms with Gasteiger partial charge in [-0.1, -0.05) is 18.2 Å². The van der Waals surface area contributed by atoms with Crippen molar-refractivity contribution >= 4 is 6.03 Å². The maximum absolute atomic E-state index is 12.0. The van der Waals surface area contributed by atoms with Crippen molar-refractivity contribution in [3.63, 3.8) is 0 Å². The Hall–Kier alpha value is -2.50. The summed E-state index contributed by atoms with van der Waals surface area (Å²) in [6.45, 7) is 1.21. The average molecular weight is 300 g/mol. The zero-order chi connectivity index (χ0) is 15.4. The van der Waals surface area contributed by atoms with Gasteiger partial charge in [0.2, 0.25) is 0 Å². The predicted octanol–water partition coefficient (Wildman–Crippen LogP) is 1.79. The molecule has 1 aliphatic rings. The van der Waals surface area contributed by atoms with Crippen LogP contribution in [0.4, 0.5) is 4.79 Å². The number of hydrogen-bond acceptors (Lipinski definition) is 3. The molecule has 116 valence electrons. The molecule has 0 aliphatic carbocycles. The van der Waals surface area contributed by atoms with Gasteiger partial charge in [-0.15, -0.1) is 0 Å². The minimum Gasteiger partial charge on any atom is -0.493 e. The number of rotatable bonds is 4. The Morgan fingerprint density at radius 2 is 2.32 bits per heavy atom. The second kappa shape index (κ2) is 6.51. The van der Waals surface area contributed by atoms with Gasteiger partial charge in [0.05, 0.1) is 18.8 Å². The smallest absolute Gasteiger partial charge is 0.315 e. The Labute approximate surface area is 129 Å². The van der Waals surface area contributed by atoms with Crippen LogP contribution in [0.25, 0.3) is 0 Å².